The number of carbonyl (C=O) groups is 8. The van der Waals surface area contributed by atoms with E-state index in [-0.39, 0.29) is 111 Å². The number of ether oxygens (including phenoxy) is 4. The van der Waals surface area contributed by atoms with Gasteiger partial charge in [0.15, 0.2) is 6.10 Å². The van der Waals surface area contributed by atoms with Crippen LogP contribution in [0.2, 0.25) is 0 Å². The van der Waals surface area contributed by atoms with Crippen molar-refractivity contribution in [3.63, 3.8) is 0 Å². The molecule has 0 amide bonds. The minimum absolute atomic E-state index is 0. The van der Waals surface area contributed by atoms with E-state index in [9.17, 15) is 48.6 Å². The molecule has 1 rings (SSSR count). The molecule has 1 aliphatic rings. The number of Topliss-reactive ketones (excluding diaryl/α,β-unsaturated/α-hetero) is 1. The summed E-state index contributed by atoms with van der Waals surface area (Å²) < 4.78 is 22.3. The van der Waals surface area contributed by atoms with Crippen molar-refractivity contribution >= 4 is 47.6 Å². The summed E-state index contributed by atoms with van der Waals surface area (Å²) in [7, 11) is 0. The average Bonchev–Trinajstić information content (AvgIpc) is 4.10. The molecule has 15 nitrogen and oxygen atoms in total. The Hall–Kier alpha value is -4.86. The largest absolute Gasteiger partial charge is 1.00 e. The van der Waals surface area contributed by atoms with Crippen molar-refractivity contribution in [1.82, 2.24) is 0 Å². The van der Waals surface area contributed by atoms with Crippen molar-refractivity contribution in [2.24, 2.45) is 35.5 Å². The molecule has 1 heterocycles. The van der Waals surface area contributed by atoms with E-state index in [1.807, 2.05) is 37.3 Å². The van der Waals surface area contributed by atoms with Gasteiger partial charge in [-0.2, -0.15) is 0 Å². The minimum atomic E-state index is -1.12. The number of unbranched alkanes of at least 4 members (excludes halogenated alkanes) is 21. The van der Waals surface area contributed by atoms with E-state index in [4.69, 9.17) is 24.1 Å². The summed E-state index contributed by atoms with van der Waals surface area (Å²) in [5.74, 6) is -6.59. The molecule has 16 heteroatoms. The van der Waals surface area contributed by atoms with Crippen molar-refractivity contribution in [3.05, 3.63) is 92.7 Å². The Balaban J connectivity index is 0. The zero-order valence-corrected chi connectivity index (χ0v) is 57.3. The normalized spacial score (nSPS) is 15.5. The van der Waals surface area contributed by atoms with E-state index in [2.05, 4.69) is 50.8 Å². The Labute approximate surface area is 552 Å². The molecule has 0 saturated carbocycles. The van der Waals surface area contributed by atoms with Gasteiger partial charge in [-0.05, 0) is 108 Å². The third kappa shape index (κ3) is 46.3. The molecule has 494 valence electrons. The van der Waals surface area contributed by atoms with Crippen molar-refractivity contribution < 1.29 is 102 Å². The van der Waals surface area contributed by atoms with E-state index in [0.717, 1.165) is 154 Å². The molecule has 88 heavy (non-hydrogen) atoms. The molecule has 0 radical (unpaired) electrons. The van der Waals surface area contributed by atoms with Crippen LogP contribution in [0.4, 0.5) is 0 Å². The molecular formula is C72H115NaO15. The number of hydrogen-bond acceptors (Lipinski definition) is 12. The van der Waals surface area contributed by atoms with Crippen LogP contribution in [0.3, 0.4) is 0 Å². The van der Waals surface area contributed by atoms with E-state index < -0.39 is 60.1 Å². The summed E-state index contributed by atoms with van der Waals surface area (Å²) in [5.41, 5.74) is 0. The molecule has 0 bridgehead atoms. The monoisotopic (exact) mass is 1240 g/mol. The number of rotatable bonds is 57. The number of carbonyl (C=O) groups excluding carboxylic acids is 5. The van der Waals surface area contributed by atoms with Gasteiger partial charge >= 0.3 is 71.3 Å². The fourth-order valence-electron chi connectivity index (χ4n) is 10.7. The SMILES string of the molecule is C=C(CCCCCCC/C=C\C/C=C\C=C\C(CC)C(CC(=O)O)C(=O)O)OCC(COC(=O)CCCCCCC/C=C\C=C\C(CCCCC)C1CC(=O)OC1=O)OC(=O)CCCCCC/C=C/C(CCCCCCCC)C(CC(=O)O)C(C)=O.[CH3-].[Na+]. The van der Waals surface area contributed by atoms with Gasteiger partial charge in [0.25, 0.3) is 0 Å². The van der Waals surface area contributed by atoms with Gasteiger partial charge in [0.05, 0.1) is 36.9 Å². The summed E-state index contributed by atoms with van der Waals surface area (Å²) >= 11 is 0. The molecule has 0 aromatic rings. The predicted molar refractivity (Wildman–Crippen MR) is 346 cm³/mol. The molecule has 0 aliphatic carbocycles. The number of ketones is 1. The average molecular weight is 1240 g/mol. The summed E-state index contributed by atoms with van der Waals surface area (Å²) in [4.78, 5) is 96.6. The minimum Gasteiger partial charge on any atom is -0.495 e. The Morgan fingerprint density at radius 1 is 0.557 bits per heavy atom. The van der Waals surface area contributed by atoms with Crippen molar-refractivity contribution in [2.45, 2.75) is 265 Å². The number of allylic oxidation sites excluding steroid dienone is 13. The first-order valence-electron chi connectivity index (χ1n) is 33.1. The number of carboxylic acids is 3. The molecule has 0 aromatic heterocycles. The van der Waals surface area contributed by atoms with Gasteiger partial charge < -0.3 is 41.7 Å². The van der Waals surface area contributed by atoms with E-state index in [1.54, 1.807) is 12.2 Å². The second kappa shape index (κ2) is 57.3. The maximum atomic E-state index is 13.1. The Kier molecular flexibility index (Phi) is 55.5. The molecule has 1 fully saturated rings. The van der Waals surface area contributed by atoms with Gasteiger partial charge in [0.2, 0.25) is 0 Å². The summed E-state index contributed by atoms with van der Waals surface area (Å²) in [6.07, 6.45) is 52.3. The van der Waals surface area contributed by atoms with Gasteiger partial charge in [-0.3, -0.25) is 38.4 Å². The third-order valence-corrected chi connectivity index (χ3v) is 15.9. The topological polar surface area (TPSA) is 234 Å². The Bertz CT molecular complexity index is 2120. The maximum absolute atomic E-state index is 13.1. The van der Waals surface area contributed by atoms with E-state index in [0.29, 0.717) is 31.4 Å². The summed E-state index contributed by atoms with van der Waals surface area (Å²) in [6, 6.07) is 0. The smallest absolute Gasteiger partial charge is 0.495 e. The number of hydrogen-bond donors (Lipinski definition) is 3. The van der Waals surface area contributed by atoms with Crippen LogP contribution < -0.4 is 29.6 Å². The van der Waals surface area contributed by atoms with Crippen LogP contribution >= 0.6 is 0 Å². The fourth-order valence-corrected chi connectivity index (χ4v) is 10.7. The second-order valence-electron chi connectivity index (χ2n) is 23.4. The number of aliphatic carboxylic acids is 3. The van der Waals surface area contributed by atoms with Crippen molar-refractivity contribution in [2.75, 3.05) is 13.2 Å². The predicted octanol–water partition coefficient (Wildman–Crippen LogP) is 14.5. The van der Waals surface area contributed by atoms with Gasteiger partial charge in [-0.15, -0.1) is 0 Å². The number of esters is 4. The van der Waals surface area contributed by atoms with Crippen LogP contribution in [-0.4, -0.2) is 82.2 Å². The summed E-state index contributed by atoms with van der Waals surface area (Å²) in [5, 5.41) is 28.0. The molecule has 1 aliphatic heterocycles. The fraction of sp³-hybridized carbons (Fsp3) is 0.681. The molecule has 1 saturated heterocycles. The van der Waals surface area contributed by atoms with E-state index >= 15 is 0 Å². The molecule has 3 N–H and O–H groups in total. The first-order chi connectivity index (χ1) is 41.5. The Morgan fingerprint density at radius 2 is 1.07 bits per heavy atom. The van der Waals surface area contributed by atoms with Crippen LogP contribution in [0.5, 0.6) is 0 Å². The summed E-state index contributed by atoms with van der Waals surface area (Å²) in [6.45, 7) is 11.7. The standard InChI is InChI=1S/C71H112O15.CH3.Na/c1-6-9-11-12-29-38-46-59(62(57(5)72)51-65(73)74)47-39-32-26-27-34-42-50-68(78)85-61(54-83-56(4)43-36-28-22-18-15-13-14-16-19-23-30-37-44-58(8-3)63(70(80)81)52-66(75)76)55-84-67(77)49-41-33-25-21-17-20-24-31-40-48-60(45-35-10-7-2)64-53-69(79)86-71(64)82;;/h14,16,23-24,30-31,37,39-40,44,47-48,58-64H,4,6-13,15,17-22,25-29,32-36,38,41-43,45-46,49-55H2,1-3,5H3,(H,73,74)(H,75,76)(H,80,81);1H3;/q;-1;+1/b16-14-,30-23-,31-24-,44-37+,47-39+,48-40+;;. The maximum Gasteiger partial charge on any atom is 1.00 e. The van der Waals surface area contributed by atoms with Gasteiger partial charge in [0.1, 0.15) is 19.0 Å². The van der Waals surface area contributed by atoms with Crippen LogP contribution in [-0.2, 0) is 57.3 Å². The quantitative estimate of drug-likeness (QED) is 0.00591. The van der Waals surface area contributed by atoms with Gasteiger partial charge in [-0.1, -0.05) is 209 Å². The van der Waals surface area contributed by atoms with E-state index in [1.165, 1.54) is 26.2 Å². The van der Waals surface area contributed by atoms with Crippen molar-refractivity contribution in [3.8, 4) is 0 Å². The van der Waals surface area contributed by atoms with Crippen LogP contribution in [0.25, 0.3) is 0 Å². The second-order valence-corrected chi connectivity index (χ2v) is 23.4. The number of carboxylic acid groups (broad SMARTS) is 3. The molecule has 7 unspecified atom stereocenters. The first-order valence-corrected chi connectivity index (χ1v) is 33.1. The van der Waals surface area contributed by atoms with Gasteiger partial charge in [0, 0.05) is 25.2 Å². The molecule has 7 atom stereocenters. The first kappa shape index (κ1) is 85.2. The van der Waals surface area contributed by atoms with Crippen LogP contribution in [0.15, 0.2) is 85.3 Å². The molecular weight excluding hydrogens is 1130 g/mol. The van der Waals surface area contributed by atoms with Gasteiger partial charge in [-0.25, -0.2) is 0 Å². The van der Waals surface area contributed by atoms with Crippen LogP contribution in [0.1, 0.15) is 259 Å². The molecule has 0 spiro atoms. The zero-order valence-electron chi connectivity index (χ0n) is 55.3. The third-order valence-electron chi connectivity index (χ3n) is 15.9. The van der Waals surface area contributed by atoms with Crippen molar-refractivity contribution in [1.29, 1.82) is 0 Å². The Morgan fingerprint density at radius 3 is 1.66 bits per heavy atom. The van der Waals surface area contributed by atoms with Crippen LogP contribution in [0, 0.1) is 42.9 Å². The molecule has 0 aromatic carbocycles. The zero-order chi connectivity index (χ0) is 63.4. The number of cyclic esters (lactones) is 2.